The number of hydrogen-bond donors (Lipinski definition) is 0. The zero-order valence-corrected chi connectivity index (χ0v) is 12.2. The number of allylic oxidation sites excluding steroid dienone is 1. The number of amides is 1. The molecular weight excluding hydrogens is 328 g/mol. The summed E-state index contributed by atoms with van der Waals surface area (Å²) in [7, 11) is 0. The molecule has 1 fully saturated rings. The van der Waals surface area contributed by atoms with E-state index in [0.29, 0.717) is 10.6 Å². The molecule has 1 heterocycles. The minimum atomic E-state index is -0.146. The van der Waals surface area contributed by atoms with Crippen molar-refractivity contribution < 1.29 is 9.59 Å². The maximum absolute atomic E-state index is 12.1. The third-order valence-electron chi connectivity index (χ3n) is 2.57. The van der Waals surface area contributed by atoms with Crippen LogP contribution in [-0.2, 0) is 4.79 Å². The Kier molecular flexibility index (Phi) is 4.40. The number of ketones is 1. The Bertz CT molecular complexity index is 590. The Balaban J connectivity index is 2.14. The van der Waals surface area contributed by atoms with Crippen molar-refractivity contribution in [1.29, 1.82) is 5.26 Å². The summed E-state index contributed by atoms with van der Waals surface area (Å²) >= 11 is 4.58. The van der Waals surface area contributed by atoms with E-state index >= 15 is 0 Å². The summed E-state index contributed by atoms with van der Waals surface area (Å²) in [5.41, 5.74) is 0.546. The molecule has 6 heteroatoms. The van der Waals surface area contributed by atoms with Crippen LogP contribution in [0.2, 0.25) is 0 Å². The van der Waals surface area contributed by atoms with Crippen LogP contribution in [0.3, 0.4) is 0 Å². The quantitative estimate of drug-likeness (QED) is 0.628. The molecule has 0 atom stereocenters. The zero-order chi connectivity index (χ0) is 13.8. The van der Waals surface area contributed by atoms with Gasteiger partial charge in [-0.15, -0.1) is 0 Å². The largest absolute Gasteiger partial charge is 0.298 e. The molecule has 1 aromatic carbocycles. The summed E-state index contributed by atoms with van der Waals surface area (Å²) in [6.45, 7) is -0.0268. The SMILES string of the molecule is N#C/C=C1/SCC(=O)N1CC(=O)c1ccc(Br)cc1. The molecule has 0 radical (unpaired) electrons. The molecule has 19 heavy (non-hydrogen) atoms. The topological polar surface area (TPSA) is 61.2 Å². The molecule has 0 saturated carbocycles. The highest BCUT2D eigenvalue weighted by Crippen LogP contribution is 2.28. The predicted molar refractivity (Wildman–Crippen MR) is 76.3 cm³/mol. The van der Waals surface area contributed by atoms with E-state index in [4.69, 9.17) is 5.26 Å². The molecule has 4 nitrogen and oxygen atoms in total. The van der Waals surface area contributed by atoms with E-state index < -0.39 is 0 Å². The van der Waals surface area contributed by atoms with Gasteiger partial charge in [0.05, 0.1) is 23.4 Å². The van der Waals surface area contributed by atoms with Crippen molar-refractivity contribution in [2.45, 2.75) is 0 Å². The van der Waals surface area contributed by atoms with Gasteiger partial charge in [-0.1, -0.05) is 39.8 Å². The first kappa shape index (κ1) is 13.8. The molecule has 0 unspecified atom stereocenters. The second-order valence-corrected chi connectivity index (χ2v) is 5.72. The van der Waals surface area contributed by atoms with Crippen LogP contribution in [0.25, 0.3) is 0 Å². The van der Waals surface area contributed by atoms with E-state index in [1.807, 2.05) is 6.07 Å². The van der Waals surface area contributed by atoms with E-state index in [9.17, 15) is 9.59 Å². The van der Waals surface area contributed by atoms with Gasteiger partial charge in [0, 0.05) is 16.1 Å². The fourth-order valence-electron chi connectivity index (χ4n) is 1.63. The van der Waals surface area contributed by atoms with Crippen molar-refractivity contribution in [2.24, 2.45) is 0 Å². The highest BCUT2D eigenvalue weighted by molar-refractivity contribution is 9.10. The number of thioether (sulfide) groups is 1. The number of rotatable bonds is 3. The molecule has 1 aliphatic heterocycles. The number of hydrogen-bond acceptors (Lipinski definition) is 4. The molecule has 1 aliphatic rings. The van der Waals surface area contributed by atoms with Crippen molar-refractivity contribution in [3.8, 4) is 6.07 Å². The summed E-state index contributed by atoms with van der Waals surface area (Å²) in [5.74, 6) is -0.00892. The lowest BCUT2D eigenvalue weighted by Crippen LogP contribution is -2.30. The molecular formula is C13H9BrN2O2S. The Morgan fingerprint density at radius 3 is 2.79 bits per heavy atom. The number of nitriles is 1. The third-order valence-corrected chi connectivity index (χ3v) is 4.12. The fraction of sp³-hybridized carbons (Fsp3) is 0.154. The molecule has 1 saturated heterocycles. The maximum Gasteiger partial charge on any atom is 0.238 e. The maximum atomic E-state index is 12.1. The van der Waals surface area contributed by atoms with Crippen molar-refractivity contribution >= 4 is 39.4 Å². The highest BCUT2D eigenvalue weighted by atomic mass is 79.9. The second-order valence-electron chi connectivity index (χ2n) is 3.81. The summed E-state index contributed by atoms with van der Waals surface area (Å²) in [6.07, 6.45) is 1.30. The minimum Gasteiger partial charge on any atom is -0.298 e. The van der Waals surface area contributed by atoms with E-state index in [1.54, 1.807) is 24.3 Å². The van der Waals surface area contributed by atoms with Gasteiger partial charge in [-0.3, -0.25) is 14.5 Å². The van der Waals surface area contributed by atoms with E-state index in [0.717, 1.165) is 4.47 Å². The molecule has 1 aromatic rings. The molecule has 2 rings (SSSR count). The standard InChI is InChI=1S/C13H9BrN2O2S/c14-10-3-1-9(2-4-10)11(17)7-16-12(18)8-19-13(16)5-6-15/h1-5H,7-8H2/b13-5+. The summed E-state index contributed by atoms with van der Waals surface area (Å²) in [6, 6.07) is 8.85. The van der Waals surface area contributed by atoms with Crippen LogP contribution in [-0.4, -0.2) is 28.9 Å². The lowest BCUT2D eigenvalue weighted by Gasteiger charge is -2.15. The number of carbonyl (C=O) groups excluding carboxylic acids is 2. The zero-order valence-electron chi connectivity index (χ0n) is 9.80. The van der Waals surface area contributed by atoms with E-state index in [-0.39, 0.29) is 24.0 Å². The molecule has 96 valence electrons. The van der Waals surface area contributed by atoms with Gasteiger partial charge in [0.25, 0.3) is 0 Å². The average Bonchev–Trinajstić information content (AvgIpc) is 2.73. The van der Waals surface area contributed by atoms with E-state index in [1.165, 1.54) is 22.7 Å². The minimum absolute atomic E-state index is 0.0268. The first-order valence-corrected chi connectivity index (χ1v) is 7.21. The molecule has 0 N–H and O–H groups in total. The monoisotopic (exact) mass is 336 g/mol. The van der Waals surface area contributed by atoms with Gasteiger partial charge in [0.15, 0.2) is 5.78 Å². The number of Topliss-reactive ketones (excluding diaryl/α,β-unsaturated/α-hetero) is 1. The predicted octanol–water partition coefficient (Wildman–Crippen LogP) is 2.57. The molecule has 0 spiro atoms. The Labute approximate surface area is 123 Å². The van der Waals surface area contributed by atoms with Gasteiger partial charge >= 0.3 is 0 Å². The first-order valence-electron chi connectivity index (χ1n) is 5.43. The Morgan fingerprint density at radius 2 is 2.16 bits per heavy atom. The van der Waals surface area contributed by atoms with Gasteiger partial charge in [-0.25, -0.2) is 0 Å². The summed E-state index contributed by atoms with van der Waals surface area (Å²) in [5, 5.41) is 9.18. The lowest BCUT2D eigenvalue weighted by molar-refractivity contribution is -0.125. The van der Waals surface area contributed by atoms with Crippen LogP contribution >= 0.6 is 27.7 Å². The van der Waals surface area contributed by atoms with Crippen molar-refractivity contribution in [3.63, 3.8) is 0 Å². The van der Waals surface area contributed by atoms with Crippen LogP contribution in [0.5, 0.6) is 0 Å². The highest BCUT2D eigenvalue weighted by Gasteiger charge is 2.28. The average molecular weight is 337 g/mol. The van der Waals surface area contributed by atoms with E-state index in [2.05, 4.69) is 15.9 Å². The van der Waals surface area contributed by atoms with Crippen LogP contribution in [0.4, 0.5) is 0 Å². The van der Waals surface area contributed by atoms with Crippen molar-refractivity contribution in [1.82, 2.24) is 4.90 Å². The Morgan fingerprint density at radius 1 is 1.47 bits per heavy atom. The van der Waals surface area contributed by atoms with Crippen LogP contribution < -0.4 is 0 Å². The lowest BCUT2D eigenvalue weighted by atomic mass is 10.1. The number of halogens is 1. The molecule has 0 aliphatic carbocycles. The van der Waals surface area contributed by atoms with Gasteiger partial charge in [0.1, 0.15) is 0 Å². The fourth-order valence-corrected chi connectivity index (χ4v) is 2.78. The van der Waals surface area contributed by atoms with Crippen LogP contribution in [0.1, 0.15) is 10.4 Å². The third kappa shape index (κ3) is 3.25. The van der Waals surface area contributed by atoms with Crippen LogP contribution in [0, 0.1) is 11.3 Å². The second kappa shape index (κ2) is 6.04. The number of nitrogens with zero attached hydrogens (tertiary/aromatic N) is 2. The smallest absolute Gasteiger partial charge is 0.238 e. The first-order chi connectivity index (χ1) is 9.11. The molecule has 0 bridgehead atoms. The number of carbonyl (C=O) groups is 2. The van der Waals surface area contributed by atoms with Gasteiger partial charge in [-0.2, -0.15) is 5.26 Å². The molecule has 1 amide bonds. The van der Waals surface area contributed by atoms with Gasteiger partial charge in [-0.05, 0) is 12.1 Å². The summed E-state index contributed by atoms with van der Waals surface area (Å²) in [4.78, 5) is 25.1. The molecule has 0 aromatic heterocycles. The summed E-state index contributed by atoms with van der Waals surface area (Å²) < 4.78 is 0.891. The van der Waals surface area contributed by atoms with Gasteiger partial charge in [0.2, 0.25) is 5.91 Å². The number of benzene rings is 1. The Hall–Kier alpha value is -1.58. The van der Waals surface area contributed by atoms with Crippen molar-refractivity contribution in [2.75, 3.05) is 12.3 Å². The van der Waals surface area contributed by atoms with Crippen molar-refractivity contribution in [3.05, 3.63) is 45.4 Å². The van der Waals surface area contributed by atoms with Gasteiger partial charge < -0.3 is 0 Å². The normalized spacial score (nSPS) is 16.7. The van der Waals surface area contributed by atoms with Crippen LogP contribution in [0.15, 0.2) is 39.8 Å².